The molecule has 86 valence electrons. The van der Waals surface area contributed by atoms with Crippen molar-refractivity contribution in [1.82, 2.24) is 0 Å². The van der Waals surface area contributed by atoms with Crippen LogP contribution < -0.4 is 5.32 Å². The third kappa shape index (κ3) is 2.85. The van der Waals surface area contributed by atoms with Gasteiger partial charge >= 0.3 is 0 Å². The first-order valence-corrected chi connectivity index (χ1v) is 6.13. The molecule has 0 saturated carbocycles. The van der Waals surface area contributed by atoms with E-state index in [1.54, 1.807) is 6.07 Å². The maximum absolute atomic E-state index is 11.8. The summed E-state index contributed by atoms with van der Waals surface area (Å²) in [5, 5.41) is 3.03. The van der Waals surface area contributed by atoms with Gasteiger partial charge in [-0.2, -0.15) is 0 Å². The molecule has 0 aliphatic heterocycles. The molecule has 0 unspecified atom stereocenters. The van der Waals surface area contributed by atoms with Crippen molar-refractivity contribution in [3.8, 4) is 0 Å². The quantitative estimate of drug-likeness (QED) is 0.799. The van der Waals surface area contributed by atoms with E-state index in [-0.39, 0.29) is 10.9 Å². The molecule has 0 bridgehead atoms. The molecular formula is C12H15NO2S. The van der Waals surface area contributed by atoms with Crippen molar-refractivity contribution in [1.29, 1.82) is 0 Å². The lowest BCUT2D eigenvalue weighted by Crippen LogP contribution is -2.04. The van der Waals surface area contributed by atoms with Crippen LogP contribution in [0.2, 0.25) is 0 Å². The monoisotopic (exact) mass is 237 g/mol. The zero-order valence-corrected chi connectivity index (χ0v) is 10.3. The van der Waals surface area contributed by atoms with Gasteiger partial charge in [-0.25, -0.2) is 0 Å². The number of hydrogen-bond acceptors (Lipinski definition) is 4. The van der Waals surface area contributed by atoms with Crippen LogP contribution in [0.25, 0.3) is 0 Å². The summed E-state index contributed by atoms with van der Waals surface area (Å²) in [6.07, 6.45) is 1.54. The Morgan fingerprint density at radius 2 is 2.25 bits per heavy atom. The van der Waals surface area contributed by atoms with Crippen LogP contribution in [-0.2, 0) is 11.2 Å². The minimum atomic E-state index is -0.0407. The summed E-state index contributed by atoms with van der Waals surface area (Å²) in [5.41, 5.74) is 2.68. The number of anilines is 1. The largest absolute Gasteiger partial charge is 0.388 e. The fourth-order valence-electron chi connectivity index (χ4n) is 1.58. The fraction of sp³-hybridized carbons (Fsp3) is 0.333. The lowest BCUT2D eigenvalue weighted by atomic mass is 10.0. The zero-order valence-electron chi connectivity index (χ0n) is 9.45. The van der Waals surface area contributed by atoms with Crippen molar-refractivity contribution < 1.29 is 9.59 Å². The molecule has 0 saturated heterocycles. The van der Waals surface area contributed by atoms with E-state index in [4.69, 9.17) is 0 Å². The lowest BCUT2D eigenvalue weighted by Gasteiger charge is -2.11. The van der Waals surface area contributed by atoms with Crippen molar-refractivity contribution >= 4 is 28.9 Å². The number of benzene rings is 1. The molecule has 0 atom stereocenters. The van der Waals surface area contributed by atoms with Gasteiger partial charge in [-0.05, 0) is 18.1 Å². The van der Waals surface area contributed by atoms with Gasteiger partial charge in [0.25, 0.3) is 0 Å². The molecule has 0 amide bonds. The first-order valence-electron chi connectivity index (χ1n) is 5.15. The van der Waals surface area contributed by atoms with E-state index in [1.165, 1.54) is 0 Å². The number of thioether (sulfide) groups is 1. The molecule has 1 aromatic carbocycles. The number of carbonyl (C=O) groups is 2. The average Bonchev–Trinajstić information content (AvgIpc) is 2.34. The Morgan fingerprint density at radius 1 is 1.50 bits per heavy atom. The van der Waals surface area contributed by atoms with Gasteiger partial charge in [-0.1, -0.05) is 30.8 Å². The standard InChI is InChI=1S/C12H15NO2S/c1-3-9-10(12(15)16-8-7-14)5-4-6-11(9)13-2/h4-7,13H,3,8H2,1-2H3. The minimum absolute atomic E-state index is 0.0407. The van der Waals surface area contributed by atoms with Crippen LogP contribution in [0.15, 0.2) is 18.2 Å². The maximum Gasteiger partial charge on any atom is 0.220 e. The summed E-state index contributed by atoms with van der Waals surface area (Å²) in [6.45, 7) is 2.01. The van der Waals surface area contributed by atoms with Crippen molar-refractivity contribution in [3.05, 3.63) is 29.3 Å². The smallest absolute Gasteiger partial charge is 0.220 e. The molecule has 0 aromatic heterocycles. The fourth-order valence-corrected chi connectivity index (χ4v) is 2.15. The second kappa shape index (κ2) is 6.33. The van der Waals surface area contributed by atoms with Crippen molar-refractivity contribution in [3.63, 3.8) is 0 Å². The summed E-state index contributed by atoms with van der Waals surface area (Å²) in [4.78, 5) is 22.1. The molecule has 3 nitrogen and oxygen atoms in total. The van der Waals surface area contributed by atoms with Crippen LogP contribution in [0, 0.1) is 0 Å². The summed E-state index contributed by atoms with van der Waals surface area (Å²) in [7, 11) is 1.83. The number of hydrogen-bond donors (Lipinski definition) is 1. The van der Waals surface area contributed by atoms with Gasteiger partial charge in [0.15, 0.2) is 0 Å². The van der Waals surface area contributed by atoms with E-state index >= 15 is 0 Å². The number of rotatable bonds is 5. The predicted octanol–water partition coefficient (Wildman–Crippen LogP) is 2.36. The van der Waals surface area contributed by atoms with Crippen LogP contribution in [-0.4, -0.2) is 24.2 Å². The van der Waals surface area contributed by atoms with Crippen LogP contribution in [0.4, 0.5) is 5.69 Å². The Balaban J connectivity index is 3.02. The highest BCUT2D eigenvalue weighted by Crippen LogP contribution is 2.23. The van der Waals surface area contributed by atoms with Gasteiger partial charge in [0, 0.05) is 18.3 Å². The minimum Gasteiger partial charge on any atom is -0.388 e. The van der Waals surface area contributed by atoms with Crippen LogP contribution in [0.5, 0.6) is 0 Å². The van der Waals surface area contributed by atoms with Gasteiger partial charge in [0.2, 0.25) is 5.12 Å². The van der Waals surface area contributed by atoms with E-state index in [2.05, 4.69) is 5.32 Å². The molecule has 4 heteroatoms. The Labute approximate surface area is 99.6 Å². The highest BCUT2D eigenvalue weighted by atomic mass is 32.2. The Hall–Kier alpha value is -1.29. The van der Waals surface area contributed by atoms with Crippen LogP contribution in [0.1, 0.15) is 22.8 Å². The molecule has 1 aromatic rings. The van der Waals surface area contributed by atoms with Crippen LogP contribution >= 0.6 is 11.8 Å². The Bertz CT molecular complexity index is 391. The first-order chi connectivity index (χ1) is 7.74. The predicted molar refractivity (Wildman–Crippen MR) is 68.2 cm³/mol. The van der Waals surface area contributed by atoms with E-state index in [0.717, 1.165) is 35.7 Å². The van der Waals surface area contributed by atoms with E-state index in [0.29, 0.717) is 5.56 Å². The van der Waals surface area contributed by atoms with Crippen LogP contribution in [0.3, 0.4) is 0 Å². The van der Waals surface area contributed by atoms with Crippen molar-refractivity contribution in [2.75, 3.05) is 18.1 Å². The Morgan fingerprint density at radius 3 is 2.81 bits per heavy atom. The topological polar surface area (TPSA) is 46.2 Å². The number of carbonyl (C=O) groups excluding carboxylic acids is 2. The summed E-state index contributed by atoms with van der Waals surface area (Å²) < 4.78 is 0. The zero-order chi connectivity index (χ0) is 12.0. The molecule has 0 heterocycles. The van der Waals surface area contributed by atoms with Gasteiger partial charge in [0.1, 0.15) is 6.29 Å². The molecule has 0 fully saturated rings. The highest BCUT2D eigenvalue weighted by molar-refractivity contribution is 8.14. The third-order valence-corrected chi connectivity index (χ3v) is 3.09. The first kappa shape index (κ1) is 12.8. The molecule has 0 aliphatic carbocycles. The Kier molecular flexibility index (Phi) is 5.05. The van der Waals surface area contributed by atoms with Gasteiger partial charge in [-0.3, -0.25) is 4.79 Å². The maximum atomic E-state index is 11.8. The second-order valence-corrected chi connectivity index (χ2v) is 4.19. The van der Waals surface area contributed by atoms with Crippen molar-refractivity contribution in [2.45, 2.75) is 13.3 Å². The number of aldehydes is 1. The molecular weight excluding hydrogens is 222 g/mol. The molecule has 0 aliphatic rings. The lowest BCUT2D eigenvalue weighted by molar-refractivity contribution is -0.105. The molecule has 1 N–H and O–H groups in total. The van der Waals surface area contributed by atoms with E-state index in [1.807, 2.05) is 26.1 Å². The molecule has 0 spiro atoms. The van der Waals surface area contributed by atoms with E-state index in [9.17, 15) is 9.59 Å². The molecule has 0 radical (unpaired) electrons. The highest BCUT2D eigenvalue weighted by Gasteiger charge is 2.13. The van der Waals surface area contributed by atoms with Gasteiger partial charge < -0.3 is 10.1 Å². The second-order valence-electron chi connectivity index (χ2n) is 3.20. The third-order valence-electron chi connectivity index (χ3n) is 2.30. The summed E-state index contributed by atoms with van der Waals surface area (Å²) >= 11 is 1.04. The summed E-state index contributed by atoms with van der Waals surface area (Å²) in [6, 6.07) is 5.60. The van der Waals surface area contributed by atoms with Gasteiger partial charge in [-0.15, -0.1) is 0 Å². The van der Waals surface area contributed by atoms with Crippen molar-refractivity contribution in [2.24, 2.45) is 0 Å². The summed E-state index contributed by atoms with van der Waals surface area (Å²) in [5.74, 6) is 0.214. The molecule has 16 heavy (non-hydrogen) atoms. The average molecular weight is 237 g/mol. The van der Waals surface area contributed by atoms with Gasteiger partial charge in [0.05, 0.1) is 5.75 Å². The normalized spacial score (nSPS) is 9.88. The molecule has 1 rings (SSSR count). The number of nitrogens with one attached hydrogen (secondary N) is 1. The van der Waals surface area contributed by atoms with E-state index < -0.39 is 0 Å². The SMILES string of the molecule is CCc1c(NC)cccc1C(=O)SCC=O.